The Morgan fingerprint density at radius 1 is 1.38 bits per heavy atom. The topological polar surface area (TPSA) is 108 Å². The van der Waals surface area contributed by atoms with Gasteiger partial charge in [-0.2, -0.15) is 5.26 Å². The van der Waals surface area contributed by atoms with Gasteiger partial charge in [0.2, 0.25) is 0 Å². The predicted octanol–water partition coefficient (Wildman–Crippen LogP) is 3.32. The van der Waals surface area contributed by atoms with Crippen LogP contribution in [0.4, 0.5) is 5.69 Å². The van der Waals surface area contributed by atoms with Crippen LogP contribution in [0.5, 0.6) is 5.75 Å². The molecule has 2 aromatic rings. The van der Waals surface area contributed by atoms with Gasteiger partial charge in [-0.25, -0.2) is 5.01 Å². The molecule has 2 heterocycles. The number of nitrogens with one attached hydrogen (secondary N) is 1. The summed E-state index contributed by atoms with van der Waals surface area (Å²) in [5.41, 5.74) is 6.20. The molecule has 0 unspecified atom stereocenters. The summed E-state index contributed by atoms with van der Waals surface area (Å²) in [5, 5.41) is 19.9. The largest absolute Gasteiger partial charge is 0.490 e. The molecule has 1 aromatic carbocycles. The molecule has 1 aliphatic heterocycles. The number of carboxylic acids is 1. The average molecular weight is 394 g/mol. The summed E-state index contributed by atoms with van der Waals surface area (Å²) in [6.07, 6.45) is 2.16. The Morgan fingerprint density at radius 3 is 2.83 bits per heavy atom. The van der Waals surface area contributed by atoms with Gasteiger partial charge < -0.3 is 14.7 Å². The molecular formula is C21H22N4O4. The molecule has 1 aromatic heterocycles. The number of nitriles is 1. The Balaban J connectivity index is 1.80. The molecule has 29 heavy (non-hydrogen) atoms. The smallest absolute Gasteiger partial charge is 0.303 e. The van der Waals surface area contributed by atoms with Gasteiger partial charge in [0.15, 0.2) is 5.76 Å². The van der Waals surface area contributed by atoms with E-state index in [9.17, 15) is 10.1 Å². The first-order valence-corrected chi connectivity index (χ1v) is 9.20. The van der Waals surface area contributed by atoms with Crippen LogP contribution in [-0.4, -0.2) is 22.2 Å². The number of ether oxygens (including phenoxy) is 1. The van der Waals surface area contributed by atoms with E-state index in [0.717, 1.165) is 22.6 Å². The lowest BCUT2D eigenvalue weighted by Gasteiger charge is -2.16. The molecule has 0 amide bonds. The van der Waals surface area contributed by atoms with Crippen molar-refractivity contribution < 1.29 is 19.5 Å². The highest BCUT2D eigenvalue weighted by atomic mass is 16.7. The Hall–Kier alpha value is -3.57. The molecule has 0 spiro atoms. The van der Waals surface area contributed by atoms with Crippen LogP contribution < -0.4 is 15.3 Å². The lowest BCUT2D eigenvalue weighted by Crippen LogP contribution is -2.28. The SMILES string of the molecule is Cc1nc(CCC(=O)O)ccc1N1C=C(c2ccc(OC(C)C)c(C#N)c2)ON1. The van der Waals surface area contributed by atoms with Crippen LogP contribution in [0.25, 0.3) is 5.76 Å². The molecule has 2 N–H and O–H groups in total. The first-order valence-electron chi connectivity index (χ1n) is 9.20. The number of nitrogens with zero attached hydrogens (tertiary/aromatic N) is 3. The molecule has 150 valence electrons. The molecule has 0 fully saturated rings. The number of hydrogen-bond donors (Lipinski definition) is 2. The maximum absolute atomic E-state index is 10.7. The highest BCUT2D eigenvalue weighted by molar-refractivity contribution is 5.69. The maximum Gasteiger partial charge on any atom is 0.303 e. The van der Waals surface area contributed by atoms with E-state index < -0.39 is 5.97 Å². The monoisotopic (exact) mass is 394 g/mol. The summed E-state index contributed by atoms with van der Waals surface area (Å²) in [6.45, 7) is 5.66. The van der Waals surface area contributed by atoms with E-state index in [0.29, 0.717) is 23.5 Å². The van der Waals surface area contributed by atoms with E-state index >= 15 is 0 Å². The molecule has 0 saturated carbocycles. The zero-order valence-corrected chi connectivity index (χ0v) is 16.5. The third kappa shape index (κ3) is 4.83. The lowest BCUT2D eigenvalue weighted by atomic mass is 10.1. The van der Waals surface area contributed by atoms with Crippen molar-refractivity contribution in [2.24, 2.45) is 0 Å². The highest BCUT2D eigenvalue weighted by Gasteiger charge is 2.20. The van der Waals surface area contributed by atoms with Crippen LogP contribution in [0.1, 0.15) is 42.8 Å². The molecule has 0 aliphatic carbocycles. The zero-order chi connectivity index (χ0) is 21.0. The summed E-state index contributed by atoms with van der Waals surface area (Å²) >= 11 is 0. The third-order valence-corrected chi connectivity index (χ3v) is 4.22. The molecular weight excluding hydrogens is 372 g/mol. The fourth-order valence-corrected chi connectivity index (χ4v) is 2.88. The van der Waals surface area contributed by atoms with Gasteiger partial charge in [0.25, 0.3) is 0 Å². The Morgan fingerprint density at radius 2 is 2.17 bits per heavy atom. The van der Waals surface area contributed by atoms with Gasteiger partial charge in [0.05, 0.1) is 35.7 Å². The molecule has 1 aliphatic rings. The van der Waals surface area contributed by atoms with E-state index in [2.05, 4.69) is 16.6 Å². The number of aryl methyl sites for hydroxylation is 2. The summed E-state index contributed by atoms with van der Waals surface area (Å²) in [7, 11) is 0. The van der Waals surface area contributed by atoms with Crippen molar-refractivity contribution in [2.75, 3.05) is 5.01 Å². The molecule has 0 atom stereocenters. The third-order valence-electron chi connectivity index (χ3n) is 4.22. The number of hydrazine groups is 1. The Bertz CT molecular complexity index is 995. The first kappa shape index (κ1) is 20.2. The van der Waals surface area contributed by atoms with Crippen molar-refractivity contribution >= 4 is 17.4 Å². The summed E-state index contributed by atoms with van der Waals surface area (Å²) in [6, 6.07) is 11.1. The van der Waals surface area contributed by atoms with E-state index in [1.165, 1.54) is 0 Å². The molecule has 3 rings (SSSR count). The second-order valence-corrected chi connectivity index (χ2v) is 6.85. The van der Waals surface area contributed by atoms with Crippen LogP contribution in [-0.2, 0) is 16.1 Å². The van der Waals surface area contributed by atoms with Gasteiger partial charge in [-0.15, -0.1) is 0 Å². The normalized spacial score (nSPS) is 13.1. The summed E-state index contributed by atoms with van der Waals surface area (Å²) in [5.74, 6) is 0.232. The predicted molar refractivity (Wildman–Crippen MR) is 107 cm³/mol. The van der Waals surface area contributed by atoms with Crippen molar-refractivity contribution in [3.8, 4) is 11.8 Å². The van der Waals surface area contributed by atoms with Gasteiger partial charge in [-0.05, 0) is 51.1 Å². The fourth-order valence-electron chi connectivity index (χ4n) is 2.88. The van der Waals surface area contributed by atoms with Crippen molar-refractivity contribution in [1.82, 2.24) is 10.6 Å². The van der Waals surface area contributed by atoms with Gasteiger partial charge in [0, 0.05) is 17.7 Å². The Kier molecular flexibility index (Phi) is 6.00. The molecule has 0 radical (unpaired) electrons. The van der Waals surface area contributed by atoms with Crippen LogP contribution in [0.15, 0.2) is 36.5 Å². The number of carboxylic acid groups (broad SMARTS) is 1. The van der Waals surface area contributed by atoms with Gasteiger partial charge >= 0.3 is 5.97 Å². The number of anilines is 1. The molecule has 0 bridgehead atoms. The molecule has 8 nitrogen and oxygen atoms in total. The number of benzene rings is 1. The maximum atomic E-state index is 10.7. The van der Waals surface area contributed by atoms with Crippen molar-refractivity contribution in [1.29, 1.82) is 5.26 Å². The van der Waals surface area contributed by atoms with Crippen molar-refractivity contribution in [3.05, 3.63) is 59.0 Å². The number of pyridine rings is 1. The minimum atomic E-state index is -0.850. The number of aliphatic carboxylic acids is 1. The van der Waals surface area contributed by atoms with E-state index in [1.54, 1.807) is 29.4 Å². The quantitative estimate of drug-likeness (QED) is 0.736. The minimum Gasteiger partial charge on any atom is -0.490 e. The highest BCUT2D eigenvalue weighted by Crippen LogP contribution is 2.29. The second kappa shape index (κ2) is 8.63. The standard InChI is InChI=1S/C21H22N4O4/c1-13(2)28-19-8-4-15(10-16(19)11-22)20-12-25(24-29-20)18-7-5-17(23-14(18)3)6-9-21(26)27/h4-5,7-8,10,12-13,24H,6,9H2,1-3H3,(H,26,27). The van der Waals surface area contributed by atoms with Crippen LogP contribution in [0.2, 0.25) is 0 Å². The van der Waals surface area contributed by atoms with Gasteiger partial charge in [-0.3, -0.25) is 9.78 Å². The van der Waals surface area contributed by atoms with Crippen molar-refractivity contribution in [3.63, 3.8) is 0 Å². The van der Waals surface area contributed by atoms with E-state index in [1.807, 2.05) is 32.9 Å². The van der Waals surface area contributed by atoms with Gasteiger partial charge in [0.1, 0.15) is 11.8 Å². The van der Waals surface area contributed by atoms with Crippen molar-refractivity contribution in [2.45, 2.75) is 39.7 Å². The zero-order valence-electron chi connectivity index (χ0n) is 16.5. The van der Waals surface area contributed by atoms with Crippen LogP contribution in [0.3, 0.4) is 0 Å². The number of aromatic nitrogens is 1. The van der Waals surface area contributed by atoms with Crippen LogP contribution >= 0.6 is 0 Å². The number of hydrogen-bond acceptors (Lipinski definition) is 7. The van der Waals surface area contributed by atoms with Crippen LogP contribution in [0, 0.1) is 18.3 Å². The second-order valence-electron chi connectivity index (χ2n) is 6.85. The number of carbonyl (C=O) groups is 1. The summed E-state index contributed by atoms with van der Waals surface area (Å²) < 4.78 is 5.65. The average Bonchev–Trinajstić information content (AvgIpc) is 3.16. The summed E-state index contributed by atoms with van der Waals surface area (Å²) in [4.78, 5) is 20.8. The first-order chi connectivity index (χ1) is 13.9. The van der Waals surface area contributed by atoms with E-state index in [-0.39, 0.29) is 12.5 Å². The Labute approximate surface area is 168 Å². The fraction of sp³-hybridized carbons (Fsp3) is 0.286. The number of rotatable bonds is 7. The molecule has 8 heteroatoms. The minimum absolute atomic E-state index is 0.0269. The lowest BCUT2D eigenvalue weighted by molar-refractivity contribution is -0.136. The van der Waals surface area contributed by atoms with Gasteiger partial charge in [-0.1, -0.05) is 5.59 Å². The van der Waals surface area contributed by atoms with E-state index in [4.69, 9.17) is 14.7 Å². The molecule has 0 saturated heterocycles.